The summed E-state index contributed by atoms with van der Waals surface area (Å²) >= 11 is 6.35. The van der Waals surface area contributed by atoms with Gasteiger partial charge in [0.05, 0.1) is 12.1 Å². The van der Waals surface area contributed by atoms with Gasteiger partial charge in [0.1, 0.15) is 0 Å². The average Bonchev–Trinajstić information content (AvgIpc) is 2.68. The Kier molecular flexibility index (Phi) is 9.07. The first-order valence-corrected chi connectivity index (χ1v) is 9.46. The third-order valence-electron chi connectivity index (χ3n) is 4.00. The van der Waals surface area contributed by atoms with Crippen LogP contribution in [0.4, 0.5) is 5.69 Å². The number of hydrogen-bond acceptors (Lipinski definition) is 5. The summed E-state index contributed by atoms with van der Waals surface area (Å²) in [5, 5.41) is 6.50. The summed E-state index contributed by atoms with van der Waals surface area (Å²) < 4.78 is 16.0. The molecule has 2 N–H and O–H groups in total. The van der Waals surface area contributed by atoms with Crippen molar-refractivity contribution in [2.24, 2.45) is 0 Å². The predicted octanol–water partition coefficient (Wildman–Crippen LogP) is 3.80. The SMILES string of the molecule is COCCCNCc1cc(Cl)c(OCC(=O)Nc2ccc(C)cc2)c(OC)c1. The summed E-state index contributed by atoms with van der Waals surface area (Å²) in [5.74, 6) is 0.571. The number of ether oxygens (including phenoxy) is 3. The van der Waals surface area contributed by atoms with Crippen LogP contribution in [0.5, 0.6) is 11.5 Å². The third kappa shape index (κ3) is 7.03. The highest BCUT2D eigenvalue weighted by molar-refractivity contribution is 6.32. The molecule has 2 aromatic rings. The molecule has 0 bridgehead atoms. The molecule has 0 aliphatic heterocycles. The van der Waals surface area contributed by atoms with E-state index in [9.17, 15) is 4.79 Å². The predicted molar refractivity (Wildman–Crippen MR) is 112 cm³/mol. The normalized spacial score (nSPS) is 10.6. The van der Waals surface area contributed by atoms with Crippen LogP contribution >= 0.6 is 11.6 Å². The smallest absolute Gasteiger partial charge is 0.262 e. The second-order valence-electron chi connectivity index (χ2n) is 6.34. The number of carbonyl (C=O) groups excluding carboxylic acids is 1. The van der Waals surface area contributed by atoms with Gasteiger partial charge in [0, 0.05) is 25.9 Å². The van der Waals surface area contributed by atoms with E-state index < -0.39 is 0 Å². The van der Waals surface area contributed by atoms with Gasteiger partial charge in [-0.3, -0.25) is 4.79 Å². The molecule has 0 saturated carbocycles. The van der Waals surface area contributed by atoms with Crippen LogP contribution in [0.25, 0.3) is 0 Å². The summed E-state index contributed by atoms with van der Waals surface area (Å²) in [6.45, 7) is 4.02. The fraction of sp³-hybridized carbons (Fsp3) is 0.381. The van der Waals surface area contributed by atoms with E-state index >= 15 is 0 Å². The van der Waals surface area contributed by atoms with Crippen LogP contribution in [0.15, 0.2) is 36.4 Å². The van der Waals surface area contributed by atoms with Gasteiger partial charge in [-0.2, -0.15) is 0 Å². The molecule has 0 unspecified atom stereocenters. The van der Waals surface area contributed by atoms with Crippen LogP contribution < -0.4 is 20.1 Å². The molecule has 0 heterocycles. The molecule has 152 valence electrons. The molecule has 0 aliphatic carbocycles. The van der Waals surface area contributed by atoms with E-state index in [0.717, 1.165) is 24.1 Å². The van der Waals surface area contributed by atoms with E-state index in [4.69, 9.17) is 25.8 Å². The summed E-state index contributed by atoms with van der Waals surface area (Å²) in [6.07, 6.45) is 0.929. The lowest BCUT2D eigenvalue weighted by Gasteiger charge is -2.14. The number of halogens is 1. The maximum absolute atomic E-state index is 12.1. The maximum atomic E-state index is 12.1. The van der Waals surface area contributed by atoms with E-state index in [0.29, 0.717) is 35.4 Å². The number of methoxy groups -OCH3 is 2. The summed E-state index contributed by atoms with van der Waals surface area (Å²) in [5.41, 5.74) is 2.81. The van der Waals surface area contributed by atoms with Crippen molar-refractivity contribution in [3.05, 3.63) is 52.5 Å². The summed E-state index contributed by atoms with van der Waals surface area (Å²) in [6, 6.07) is 11.2. The van der Waals surface area contributed by atoms with Gasteiger partial charge in [0.2, 0.25) is 0 Å². The number of aryl methyl sites for hydroxylation is 1. The van der Waals surface area contributed by atoms with Crippen molar-refractivity contribution in [1.82, 2.24) is 5.32 Å². The average molecular weight is 407 g/mol. The van der Waals surface area contributed by atoms with Crippen LogP contribution in [0.1, 0.15) is 17.5 Å². The molecule has 0 spiro atoms. The quantitative estimate of drug-likeness (QED) is 0.555. The molecule has 6 nitrogen and oxygen atoms in total. The van der Waals surface area contributed by atoms with Gasteiger partial charge >= 0.3 is 0 Å². The van der Waals surface area contributed by atoms with Gasteiger partial charge in [0.15, 0.2) is 18.1 Å². The molecule has 0 radical (unpaired) electrons. The number of hydrogen-bond donors (Lipinski definition) is 2. The number of carbonyl (C=O) groups is 1. The molecule has 2 rings (SSSR count). The van der Waals surface area contributed by atoms with Crippen molar-refractivity contribution >= 4 is 23.2 Å². The molecule has 2 aromatic carbocycles. The Morgan fingerprint density at radius 3 is 2.57 bits per heavy atom. The zero-order valence-electron chi connectivity index (χ0n) is 16.5. The largest absolute Gasteiger partial charge is 0.493 e. The Labute approximate surface area is 171 Å². The molecule has 1 amide bonds. The minimum absolute atomic E-state index is 0.168. The Hall–Kier alpha value is -2.28. The second kappa shape index (κ2) is 11.5. The number of rotatable bonds is 11. The molecular formula is C21H27ClN2O4. The van der Waals surface area contributed by atoms with E-state index in [1.165, 1.54) is 0 Å². The van der Waals surface area contributed by atoms with E-state index in [1.54, 1.807) is 20.3 Å². The first-order valence-electron chi connectivity index (χ1n) is 9.09. The minimum Gasteiger partial charge on any atom is -0.493 e. The first-order chi connectivity index (χ1) is 13.5. The highest BCUT2D eigenvalue weighted by Crippen LogP contribution is 2.36. The Morgan fingerprint density at radius 1 is 1.14 bits per heavy atom. The van der Waals surface area contributed by atoms with Crippen LogP contribution in [0.3, 0.4) is 0 Å². The molecular weight excluding hydrogens is 380 g/mol. The number of benzene rings is 2. The zero-order chi connectivity index (χ0) is 20.4. The van der Waals surface area contributed by atoms with Crippen LogP contribution in [-0.4, -0.2) is 39.9 Å². The minimum atomic E-state index is -0.272. The molecule has 7 heteroatoms. The monoisotopic (exact) mass is 406 g/mol. The van der Waals surface area contributed by atoms with Gasteiger partial charge in [-0.05, 0) is 49.7 Å². The molecule has 0 fully saturated rings. The van der Waals surface area contributed by atoms with E-state index in [2.05, 4.69) is 10.6 Å². The van der Waals surface area contributed by atoms with Gasteiger partial charge in [-0.25, -0.2) is 0 Å². The first kappa shape index (κ1) is 22.0. The van der Waals surface area contributed by atoms with Crippen molar-refractivity contribution in [2.75, 3.05) is 39.3 Å². The van der Waals surface area contributed by atoms with Gasteiger partial charge in [-0.15, -0.1) is 0 Å². The Bertz CT molecular complexity index is 766. The molecule has 0 aromatic heterocycles. The van der Waals surface area contributed by atoms with Gasteiger partial charge in [-0.1, -0.05) is 29.3 Å². The maximum Gasteiger partial charge on any atom is 0.262 e. The standard InChI is InChI=1S/C21H27ClN2O4/c1-15-5-7-17(8-6-15)24-20(25)14-28-21-18(22)11-16(12-19(21)27-3)13-23-9-4-10-26-2/h5-8,11-12,23H,4,9-10,13-14H2,1-3H3,(H,24,25). The summed E-state index contributed by atoms with van der Waals surface area (Å²) in [4.78, 5) is 12.1. The van der Waals surface area contributed by atoms with E-state index in [1.807, 2.05) is 37.3 Å². The summed E-state index contributed by atoms with van der Waals surface area (Å²) in [7, 11) is 3.23. The van der Waals surface area contributed by atoms with Crippen molar-refractivity contribution in [2.45, 2.75) is 19.9 Å². The lowest BCUT2D eigenvalue weighted by Crippen LogP contribution is -2.20. The highest BCUT2D eigenvalue weighted by Gasteiger charge is 2.14. The molecule has 0 atom stereocenters. The lowest BCUT2D eigenvalue weighted by atomic mass is 10.2. The van der Waals surface area contributed by atoms with Gasteiger partial charge < -0.3 is 24.8 Å². The van der Waals surface area contributed by atoms with Crippen molar-refractivity contribution < 1.29 is 19.0 Å². The van der Waals surface area contributed by atoms with Crippen molar-refractivity contribution in [3.8, 4) is 11.5 Å². The third-order valence-corrected chi connectivity index (χ3v) is 4.28. The number of anilines is 1. The number of amides is 1. The molecule has 0 saturated heterocycles. The van der Waals surface area contributed by atoms with Gasteiger partial charge in [0.25, 0.3) is 5.91 Å². The van der Waals surface area contributed by atoms with Crippen LogP contribution in [0, 0.1) is 6.92 Å². The molecule has 0 aliphatic rings. The zero-order valence-corrected chi connectivity index (χ0v) is 17.3. The van der Waals surface area contributed by atoms with Crippen molar-refractivity contribution in [3.63, 3.8) is 0 Å². The van der Waals surface area contributed by atoms with Crippen LogP contribution in [-0.2, 0) is 16.1 Å². The lowest BCUT2D eigenvalue weighted by molar-refractivity contribution is -0.118. The Balaban J connectivity index is 1.92. The van der Waals surface area contributed by atoms with E-state index in [-0.39, 0.29) is 12.5 Å². The molecule has 28 heavy (non-hydrogen) atoms. The fourth-order valence-corrected chi connectivity index (χ4v) is 2.85. The topological polar surface area (TPSA) is 68.8 Å². The van der Waals surface area contributed by atoms with Crippen molar-refractivity contribution in [1.29, 1.82) is 0 Å². The fourth-order valence-electron chi connectivity index (χ4n) is 2.56. The highest BCUT2D eigenvalue weighted by atomic mass is 35.5. The number of nitrogens with one attached hydrogen (secondary N) is 2. The Morgan fingerprint density at radius 2 is 1.89 bits per heavy atom. The van der Waals surface area contributed by atoms with Crippen LogP contribution in [0.2, 0.25) is 5.02 Å². The second-order valence-corrected chi connectivity index (χ2v) is 6.74.